The molecule has 0 aliphatic carbocycles. The van der Waals surface area contributed by atoms with Crippen molar-refractivity contribution >= 4 is 11.8 Å². The standard InChI is InChI=1S/C19H14N2OS/c1-2-13-23-17-14-20-18(15-9-5-3-6-10-15)21(19(17)22)16-11-7-4-8-12-16/h1,3-12,14H,13H2. The molecule has 0 fully saturated rings. The van der Waals surface area contributed by atoms with Crippen molar-refractivity contribution in [2.45, 2.75) is 4.90 Å². The smallest absolute Gasteiger partial charge is 0.268 e. The van der Waals surface area contributed by atoms with E-state index < -0.39 is 0 Å². The third kappa shape index (κ3) is 3.20. The summed E-state index contributed by atoms with van der Waals surface area (Å²) in [7, 11) is 0. The van der Waals surface area contributed by atoms with Gasteiger partial charge in [0.1, 0.15) is 5.82 Å². The zero-order chi connectivity index (χ0) is 16.1. The number of thioether (sulfide) groups is 1. The first kappa shape index (κ1) is 15.1. The quantitative estimate of drug-likeness (QED) is 0.544. The molecule has 0 radical (unpaired) electrons. The molecule has 23 heavy (non-hydrogen) atoms. The molecular weight excluding hydrogens is 304 g/mol. The molecule has 3 rings (SSSR count). The topological polar surface area (TPSA) is 34.9 Å². The number of benzene rings is 2. The van der Waals surface area contributed by atoms with Gasteiger partial charge in [-0.15, -0.1) is 18.2 Å². The Morgan fingerprint density at radius 3 is 2.35 bits per heavy atom. The molecule has 0 aliphatic heterocycles. The van der Waals surface area contributed by atoms with Gasteiger partial charge in [-0.2, -0.15) is 0 Å². The second-order valence-electron chi connectivity index (χ2n) is 4.78. The summed E-state index contributed by atoms with van der Waals surface area (Å²) in [5.74, 6) is 3.59. The zero-order valence-corrected chi connectivity index (χ0v) is 13.2. The van der Waals surface area contributed by atoms with Gasteiger partial charge in [-0.25, -0.2) is 4.98 Å². The van der Waals surface area contributed by atoms with E-state index >= 15 is 0 Å². The van der Waals surface area contributed by atoms with Gasteiger partial charge in [0.25, 0.3) is 5.56 Å². The van der Waals surface area contributed by atoms with Gasteiger partial charge < -0.3 is 0 Å². The minimum atomic E-state index is -0.106. The van der Waals surface area contributed by atoms with Crippen molar-refractivity contribution in [3.05, 3.63) is 77.2 Å². The molecule has 3 nitrogen and oxygen atoms in total. The summed E-state index contributed by atoms with van der Waals surface area (Å²) in [5.41, 5.74) is 1.57. The third-order valence-corrected chi connectivity index (χ3v) is 4.19. The lowest BCUT2D eigenvalue weighted by Gasteiger charge is -2.13. The Morgan fingerprint density at radius 2 is 1.70 bits per heavy atom. The van der Waals surface area contributed by atoms with Crippen LogP contribution in [0, 0.1) is 12.3 Å². The highest BCUT2D eigenvalue weighted by molar-refractivity contribution is 7.99. The second kappa shape index (κ2) is 6.99. The highest BCUT2D eigenvalue weighted by atomic mass is 32.2. The summed E-state index contributed by atoms with van der Waals surface area (Å²) in [4.78, 5) is 18.0. The Labute approximate surface area is 139 Å². The van der Waals surface area contributed by atoms with Crippen LogP contribution in [-0.4, -0.2) is 15.3 Å². The zero-order valence-electron chi connectivity index (χ0n) is 12.3. The van der Waals surface area contributed by atoms with Crippen LogP contribution in [0.25, 0.3) is 17.1 Å². The van der Waals surface area contributed by atoms with E-state index in [0.717, 1.165) is 11.3 Å². The monoisotopic (exact) mass is 318 g/mol. The van der Waals surface area contributed by atoms with Gasteiger partial charge in [-0.1, -0.05) is 54.5 Å². The van der Waals surface area contributed by atoms with Crippen molar-refractivity contribution in [3.63, 3.8) is 0 Å². The molecule has 0 atom stereocenters. The van der Waals surface area contributed by atoms with Gasteiger partial charge in [0.2, 0.25) is 0 Å². The normalized spacial score (nSPS) is 10.2. The van der Waals surface area contributed by atoms with Gasteiger partial charge >= 0.3 is 0 Å². The fourth-order valence-corrected chi connectivity index (χ4v) is 2.85. The number of nitrogens with zero attached hydrogens (tertiary/aromatic N) is 2. The van der Waals surface area contributed by atoms with Crippen LogP contribution in [0.3, 0.4) is 0 Å². The Morgan fingerprint density at radius 1 is 1.04 bits per heavy atom. The Bertz CT molecular complexity index is 896. The van der Waals surface area contributed by atoms with Gasteiger partial charge in [-0.05, 0) is 12.1 Å². The average molecular weight is 318 g/mol. The van der Waals surface area contributed by atoms with Crippen LogP contribution in [-0.2, 0) is 0 Å². The molecule has 0 saturated heterocycles. The largest absolute Gasteiger partial charge is 0.272 e. The SMILES string of the molecule is C#CCSc1cnc(-c2ccccc2)n(-c2ccccc2)c1=O. The van der Waals surface area contributed by atoms with Crippen LogP contribution in [0.1, 0.15) is 0 Å². The van der Waals surface area contributed by atoms with Gasteiger partial charge in [0.05, 0.1) is 16.3 Å². The predicted molar refractivity (Wildman–Crippen MR) is 94.8 cm³/mol. The van der Waals surface area contributed by atoms with Crippen LogP contribution in [0.2, 0.25) is 0 Å². The number of terminal acetylenes is 1. The summed E-state index contributed by atoms with van der Waals surface area (Å²) in [6.45, 7) is 0. The Kier molecular flexibility index (Phi) is 4.60. The van der Waals surface area contributed by atoms with Crippen molar-refractivity contribution in [1.82, 2.24) is 9.55 Å². The molecule has 0 N–H and O–H groups in total. The van der Waals surface area contributed by atoms with Crippen LogP contribution >= 0.6 is 11.8 Å². The molecule has 1 aromatic heterocycles. The lowest BCUT2D eigenvalue weighted by molar-refractivity contribution is 0.904. The van der Waals surface area contributed by atoms with Gasteiger partial charge in [0.15, 0.2) is 0 Å². The molecule has 0 bridgehead atoms. The fourth-order valence-electron chi connectivity index (χ4n) is 2.26. The number of hydrogen-bond acceptors (Lipinski definition) is 3. The van der Waals surface area contributed by atoms with E-state index in [1.807, 2.05) is 60.7 Å². The van der Waals surface area contributed by atoms with E-state index in [4.69, 9.17) is 6.42 Å². The van der Waals surface area contributed by atoms with Crippen molar-refractivity contribution < 1.29 is 0 Å². The molecule has 2 aromatic carbocycles. The lowest BCUT2D eigenvalue weighted by Crippen LogP contribution is -2.23. The van der Waals surface area contributed by atoms with E-state index in [1.54, 1.807) is 10.8 Å². The summed E-state index contributed by atoms with van der Waals surface area (Å²) in [6, 6.07) is 19.2. The highest BCUT2D eigenvalue weighted by Crippen LogP contribution is 2.21. The second-order valence-corrected chi connectivity index (χ2v) is 5.80. The molecule has 0 saturated carbocycles. The summed E-state index contributed by atoms with van der Waals surface area (Å²) in [5, 5.41) is 0. The van der Waals surface area contributed by atoms with Crippen LogP contribution in [0.4, 0.5) is 0 Å². The molecule has 4 heteroatoms. The highest BCUT2D eigenvalue weighted by Gasteiger charge is 2.13. The van der Waals surface area contributed by atoms with Crippen molar-refractivity contribution in [2.24, 2.45) is 0 Å². The minimum absolute atomic E-state index is 0.106. The fraction of sp³-hybridized carbons (Fsp3) is 0.0526. The molecule has 0 unspecified atom stereocenters. The van der Waals surface area contributed by atoms with Crippen LogP contribution in [0.15, 0.2) is 76.6 Å². The summed E-state index contributed by atoms with van der Waals surface area (Å²) in [6.07, 6.45) is 6.90. The lowest BCUT2D eigenvalue weighted by atomic mass is 10.2. The van der Waals surface area contributed by atoms with Crippen molar-refractivity contribution in [1.29, 1.82) is 0 Å². The maximum atomic E-state index is 12.9. The minimum Gasteiger partial charge on any atom is -0.268 e. The number of hydrogen-bond donors (Lipinski definition) is 0. The first-order valence-corrected chi connectivity index (χ1v) is 8.09. The summed E-state index contributed by atoms with van der Waals surface area (Å²) < 4.78 is 1.63. The van der Waals surface area contributed by atoms with E-state index in [9.17, 15) is 4.79 Å². The number of para-hydroxylation sites is 1. The number of aromatic nitrogens is 2. The van der Waals surface area contributed by atoms with Gasteiger partial charge in [0, 0.05) is 11.8 Å². The first-order chi connectivity index (χ1) is 11.3. The van der Waals surface area contributed by atoms with Crippen LogP contribution in [0.5, 0.6) is 0 Å². The average Bonchev–Trinajstić information content (AvgIpc) is 2.62. The van der Waals surface area contributed by atoms with E-state index in [0.29, 0.717) is 16.5 Å². The summed E-state index contributed by atoms with van der Waals surface area (Å²) >= 11 is 1.33. The predicted octanol–water partition coefficient (Wildman–Crippen LogP) is 3.62. The Hall–Kier alpha value is -2.77. The van der Waals surface area contributed by atoms with E-state index in [1.165, 1.54) is 11.8 Å². The van der Waals surface area contributed by atoms with Crippen molar-refractivity contribution in [2.75, 3.05) is 5.75 Å². The Balaban J connectivity index is 2.23. The number of rotatable bonds is 4. The molecule has 3 aromatic rings. The molecule has 0 spiro atoms. The molecular formula is C19H14N2OS. The maximum absolute atomic E-state index is 12.9. The molecule has 0 amide bonds. The molecule has 0 aliphatic rings. The van der Waals surface area contributed by atoms with E-state index in [-0.39, 0.29) is 5.56 Å². The molecule has 112 valence electrons. The van der Waals surface area contributed by atoms with Gasteiger partial charge in [-0.3, -0.25) is 9.36 Å². The molecule has 1 heterocycles. The maximum Gasteiger partial charge on any atom is 0.272 e. The van der Waals surface area contributed by atoms with E-state index in [2.05, 4.69) is 10.9 Å². The third-order valence-electron chi connectivity index (χ3n) is 3.29. The first-order valence-electron chi connectivity index (χ1n) is 7.10. The van der Waals surface area contributed by atoms with Crippen molar-refractivity contribution in [3.8, 4) is 29.4 Å². The van der Waals surface area contributed by atoms with Crippen LogP contribution < -0.4 is 5.56 Å².